The van der Waals surface area contributed by atoms with Gasteiger partial charge in [-0.25, -0.2) is 0 Å². The monoisotopic (exact) mass is 163 g/mol. The standard InChI is InChI=1S/C8H17N.ClH/c1-3-5-6-7-8(9)4-2;/h4H,3,5-7,9H2,1-2H3;1H. The number of unbranched alkanes of at least 4 members (excludes halogenated alkanes) is 2. The summed E-state index contributed by atoms with van der Waals surface area (Å²) in [6.45, 7) is 4.19. The highest BCUT2D eigenvalue weighted by atomic mass is 35.5. The lowest BCUT2D eigenvalue weighted by Crippen LogP contribution is -1.95. The summed E-state index contributed by atoms with van der Waals surface area (Å²) in [4.78, 5) is 0. The molecule has 0 aromatic carbocycles. The third-order valence-electron chi connectivity index (χ3n) is 1.44. The maximum atomic E-state index is 5.57. The Bertz CT molecular complexity index is 89.3. The lowest BCUT2D eigenvalue weighted by Gasteiger charge is -1.97. The summed E-state index contributed by atoms with van der Waals surface area (Å²) in [6.07, 6.45) is 6.87. The van der Waals surface area contributed by atoms with Crippen LogP contribution in [0.15, 0.2) is 11.8 Å². The Balaban J connectivity index is 0. The van der Waals surface area contributed by atoms with Crippen LogP contribution in [0.4, 0.5) is 0 Å². The molecule has 0 aromatic heterocycles. The molecule has 0 aromatic rings. The summed E-state index contributed by atoms with van der Waals surface area (Å²) in [5.74, 6) is 0. The molecule has 0 heterocycles. The van der Waals surface area contributed by atoms with Gasteiger partial charge in [0.25, 0.3) is 0 Å². The number of halogens is 1. The predicted octanol–water partition coefficient (Wildman–Crippen LogP) is 2.85. The van der Waals surface area contributed by atoms with Gasteiger partial charge in [-0.2, -0.15) is 0 Å². The molecule has 2 heteroatoms. The Kier molecular flexibility index (Phi) is 11.0. The second kappa shape index (κ2) is 8.83. The maximum Gasteiger partial charge on any atom is 0.00371 e. The van der Waals surface area contributed by atoms with E-state index < -0.39 is 0 Å². The average molecular weight is 164 g/mol. The van der Waals surface area contributed by atoms with Crippen molar-refractivity contribution in [2.75, 3.05) is 0 Å². The number of nitrogens with two attached hydrogens (primary N) is 1. The van der Waals surface area contributed by atoms with Crippen LogP contribution < -0.4 is 5.73 Å². The van der Waals surface area contributed by atoms with Gasteiger partial charge < -0.3 is 5.73 Å². The molecule has 0 aliphatic rings. The molecule has 0 aliphatic heterocycles. The molecule has 0 radical (unpaired) electrons. The minimum Gasteiger partial charge on any atom is -0.402 e. The van der Waals surface area contributed by atoms with Gasteiger partial charge in [0.15, 0.2) is 0 Å². The van der Waals surface area contributed by atoms with Crippen molar-refractivity contribution < 1.29 is 0 Å². The van der Waals surface area contributed by atoms with Crippen molar-refractivity contribution in [1.29, 1.82) is 0 Å². The van der Waals surface area contributed by atoms with E-state index in [9.17, 15) is 0 Å². The highest BCUT2D eigenvalue weighted by Crippen LogP contribution is 2.02. The van der Waals surface area contributed by atoms with Crippen molar-refractivity contribution >= 4 is 12.4 Å². The molecule has 0 rings (SSSR count). The average Bonchev–Trinajstić information content (AvgIpc) is 1.89. The first kappa shape index (κ1) is 12.5. The second-order valence-electron chi connectivity index (χ2n) is 2.32. The van der Waals surface area contributed by atoms with E-state index in [1.54, 1.807) is 0 Å². The van der Waals surface area contributed by atoms with E-state index in [-0.39, 0.29) is 12.4 Å². The normalized spacial score (nSPS) is 10.8. The molecular formula is C8H18ClN. The molecule has 10 heavy (non-hydrogen) atoms. The van der Waals surface area contributed by atoms with Gasteiger partial charge in [-0.15, -0.1) is 12.4 Å². The van der Waals surface area contributed by atoms with Gasteiger partial charge in [-0.3, -0.25) is 0 Å². The van der Waals surface area contributed by atoms with Gasteiger partial charge in [0.1, 0.15) is 0 Å². The molecule has 0 saturated carbocycles. The smallest absolute Gasteiger partial charge is 0.00371 e. The summed E-state index contributed by atoms with van der Waals surface area (Å²) in [5.41, 5.74) is 6.61. The lowest BCUT2D eigenvalue weighted by atomic mass is 10.2. The van der Waals surface area contributed by atoms with Crippen molar-refractivity contribution in [3.8, 4) is 0 Å². The fourth-order valence-corrected chi connectivity index (χ4v) is 0.723. The molecule has 1 nitrogen and oxygen atoms in total. The predicted molar refractivity (Wildman–Crippen MR) is 49.3 cm³/mol. The Labute approximate surface area is 70.1 Å². The fraction of sp³-hybridized carbons (Fsp3) is 0.750. The maximum absolute atomic E-state index is 5.57. The van der Waals surface area contributed by atoms with Crippen molar-refractivity contribution in [3.05, 3.63) is 11.8 Å². The summed E-state index contributed by atoms with van der Waals surface area (Å²) < 4.78 is 0. The molecule has 0 saturated heterocycles. The first-order valence-corrected chi connectivity index (χ1v) is 3.72. The van der Waals surface area contributed by atoms with Gasteiger partial charge in [0.05, 0.1) is 0 Å². The van der Waals surface area contributed by atoms with Crippen LogP contribution in [0.1, 0.15) is 39.5 Å². The van der Waals surface area contributed by atoms with Gasteiger partial charge in [0, 0.05) is 5.70 Å². The van der Waals surface area contributed by atoms with Crippen LogP contribution in [-0.4, -0.2) is 0 Å². The minimum atomic E-state index is 0. The third-order valence-corrected chi connectivity index (χ3v) is 1.44. The van der Waals surface area contributed by atoms with Gasteiger partial charge in [0.2, 0.25) is 0 Å². The van der Waals surface area contributed by atoms with E-state index >= 15 is 0 Å². The molecule has 0 amide bonds. The molecule has 0 spiro atoms. The van der Waals surface area contributed by atoms with E-state index in [0.29, 0.717) is 0 Å². The molecule has 0 aliphatic carbocycles. The van der Waals surface area contributed by atoms with Gasteiger partial charge in [-0.1, -0.05) is 25.8 Å². The molecular weight excluding hydrogens is 146 g/mol. The topological polar surface area (TPSA) is 26.0 Å². The van der Waals surface area contributed by atoms with Crippen LogP contribution in [0, 0.1) is 0 Å². The highest BCUT2D eigenvalue weighted by molar-refractivity contribution is 5.85. The quantitative estimate of drug-likeness (QED) is 0.634. The van der Waals surface area contributed by atoms with E-state index in [1.807, 2.05) is 13.0 Å². The van der Waals surface area contributed by atoms with E-state index in [1.165, 1.54) is 19.3 Å². The van der Waals surface area contributed by atoms with Crippen molar-refractivity contribution in [1.82, 2.24) is 0 Å². The van der Waals surface area contributed by atoms with Crippen LogP contribution in [-0.2, 0) is 0 Å². The lowest BCUT2D eigenvalue weighted by molar-refractivity contribution is 0.709. The van der Waals surface area contributed by atoms with E-state index in [2.05, 4.69) is 6.92 Å². The zero-order chi connectivity index (χ0) is 7.11. The molecule has 0 unspecified atom stereocenters. The van der Waals surface area contributed by atoms with Crippen LogP contribution in [0.25, 0.3) is 0 Å². The minimum absolute atomic E-state index is 0. The number of allylic oxidation sites excluding steroid dienone is 2. The summed E-state index contributed by atoms with van der Waals surface area (Å²) in [5, 5.41) is 0. The summed E-state index contributed by atoms with van der Waals surface area (Å²) >= 11 is 0. The number of rotatable bonds is 4. The fourth-order valence-electron chi connectivity index (χ4n) is 0.723. The van der Waals surface area contributed by atoms with E-state index in [4.69, 9.17) is 5.73 Å². The molecule has 62 valence electrons. The van der Waals surface area contributed by atoms with Crippen LogP contribution in [0.5, 0.6) is 0 Å². The van der Waals surface area contributed by atoms with Crippen molar-refractivity contribution in [3.63, 3.8) is 0 Å². The first-order chi connectivity index (χ1) is 4.31. The number of hydrogen-bond donors (Lipinski definition) is 1. The highest BCUT2D eigenvalue weighted by Gasteiger charge is 1.87. The van der Waals surface area contributed by atoms with Crippen LogP contribution in [0.2, 0.25) is 0 Å². The van der Waals surface area contributed by atoms with Crippen LogP contribution >= 0.6 is 12.4 Å². The zero-order valence-corrected chi connectivity index (χ0v) is 7.71. The second-order valence-corrected chi connectivity index (χ2v) is 2.32. The summed E-state index contributed by atoms with van der Waals surface area (Å²) in [7, 11) is 0. The Morgan fingerprint density at radius 1 is 1.40 bits per heavy atom. The molecule has 0 atom stereocenters. The third kappa shape index (κ3) is 7.83. The van der Waals surface area contributed by atoms with Gasteiger partial charge in [-0.05, 0) is 19.8 Å². The Morgan fingerprint density at radius 3 is 2.40 bits per heavy atom. The summed E-state index contributed by atoms with van der Waals surface area (Å²) in [6, 6.07) is 0. The first-order valence-electron chi connectivity index (χ1n) is 3.72. The Morgan fingerprint density at radius 2 is 2.00 bits per heavy atom. The number of hydrogen-bond acceptors (Lipinski definition) is 1. The van der Waals surface area contributed by atoms with Crippen LogP contribution in [0.3, 0.4) is 0 Å². The Hall–Kier alpha value is -0.170. The molecule has 0 bridgehead atoms. The SMILES string of the molecule is CC=C(N)CCCCC.Cl. The van der Waals surface area contributed by atoms with Crippen molar-refractivity contribution in [2.45, 2.75) is 39.5 Å². The van der Waals surface area contributed by atoms with Gasteiger partial charge >= 0.3 is 0 Å². The molecule has 0 fully saturated rings. The van der Waals surface area contributed by atoms with E-state index in [0.717, 1.165) is 12.1 Å². The molecule has 2 N–H and O–H groups in total. The largest absolute Gasteiger partial charge is 0.402 e. The van der Waals surface area contributed by atoms with Crippen molar-refractivity contribution in [2.24, 2.45) is 5.73 Å². The zero-order valence-electron chi connectivity index (χ0n) is 6.89.